The number of benzene rings is 2. The number of anilines is 1. The number of nitrogens with zero attached hydrogens (tertiary/aromatic N) is 1. The first-order chi connectivity index (χ1) is 13.2. The SMILES string of the molecule is COc1cccc(CNC(=O)CCCN(c2ccc(C)c(C)c2)S(C)(=O)=O)c1. The van der Waals surface area contributed by atoms with Crippen molar-refractivity contribution in [3.63, 3.8) is 0 Å². The fourth-order valence-electron chi connectivity index (χ4n) is 2.82. The fraction of sp³-hybridized carbons (Fsp3) is 0.381. The summed E-state index contributed by atoms with van der Waals surface area (Å²) in [6.07, 6.45) is 1.87. The van der Waals surface area contributed by atoms with Gasteiger partial charge in [0, 0.05) is 19.5 Å². The zero-order valence-electron chi connectivity index (χ0n) is 16.9. The van der Waals surface area contributed by atoms with E-state index in [1.54, 1.807) is 13.2 Å². The van der Waals surface area contributed by atoms with Crippen LogP contribution in [-0.2, 0) is 21.4 Å². The predicted octanol–water partition coefficient (Wildman–Crippen LogP) is 3.17. The van der Waals surface area contributed by atoms with Gasteiger partial charge in [0.15, 0.2) is 0 Å². The molecule has 152 valence electrons. The second-order valence-corrected chi connectivity index (χ2v) is 8.74. The summed E-state index contributed by atoms with van der Waals surface area (Å²) in [5.41, 5.74) is 3.71. The van der Waals surface area contributed by atoms with Crippen molar-refractivity contribution >= 4 is 21.6 Å². The second kappa shape index (κ2) is 9.59. The first-order valence-electron chi connectivity index (χ1n) is 9.15. The lowest BCUT2D eigenvalue weighted by molar-refractivity contribution is -0.121. The second-order valence-electron chi connectivity index (χ2n) is 6.84. The summed E-state index contributed by atoms with van der Waals surface area (Å²) in [5, 5.41) is 2.86. The molecule has 2 aromatic carbocycles. The van der Waals surface area contributed by atoms with E-state index in [0.717, 1.165) is 22.4 Å². The Bertz CT molecular complexity index is 926. The summed E-state index contributed by atoms with van der Waals surface area (Å²) >= 11 is 0. The van der Waals surface area contributed by atoms with Gasteiger partial charge in [-0.2, -0.15) is 0 Å². The average molecular weight is 405 g/mol. The van der Waals surface area contributed by atoms with Crippen molar-refractivity contribution in [3.8, 4) is 5.75 Å². The third-order valence-electron chi connectivity index (χ3n) is 4.57. The zero-order valence-corrected chi connectivity index (χ0v) is 17.7. The highest BCUT2D eigenvalue weighted by Gasteiger charge is 2.18. The van der Waals surface area contributed by atoms with E-state index in [1.165, 1.54) is 10.6 Å². The Morgan fingerprint density at radius 2 is 1.86 bits per heavy atom. The fourth-order valence-corrected chi connectivity index (χ4v) is 3.78. The molecule has 6 nitrogen and oxygen atoms in total. The molecule has 0 spiro atoms. The van der Waals surface area contributed by atoms with Crippen LogP contribution in [0.4, 0.5) is 5.69 Å². The maximum Gasteiger partial charge on any atom is 0.232 e. The molecule has 2 rings (SSSR count). The lowest BCUT2D eigenvalue weighted by atomic mass is 10.1. The first kappa shape index (κ1) is 21.8. The topological polar surface area (TPSA) is 75.7 Å². The van der Waals surface area contributed by atoms with E-state index in [1.807, 2.05) is 50.2 Å². The molecule has 1 amide bonds. The molecule has 0 bridgehead atoms. The van der Waals surface area contributed by atoms with Crippen LogP contribution in [0.25, 0.3) is 0 Å². The molecule has 0 aliphatic carbocycles. The molecule has 0 fully saturated rings. The molecule has 2 aromatic rings. The number of amides is 1. The number of hydrogen-bond donors (Lipinski definition) is 1. The van der Waals surface area contributed by atoms with Crippen LogP contribution in [0.1, 0.15) is 29.5 Å². The molecule has 0 saturated heterocycles. The van der Waals surface area contributed by atoms with Gasteiger partial charge in [-0.3, -0.25) is 9.10 Å². The molecule has 0 aliphatic rings. The highest BCUT2D eigenvalue weighted by molar-refractivity contribution is 7.92. The first-order valence-corrected chi connectivity index (χ1v) is 11.0. The van der Waals surface area contributed by atoms with E-state index in [4.69, 9.17) is 4.74 Å². The lowest BCUT2D eigenvalue weighted by Crippen LogP contribution is -2.32. The maximum absolute atomic E-state index is 12.2. The number of carbonyl (C=O) groups is 1. The van der Waals surface area contributed by atoms with Crippen LogP contribution >= 0.6 is 0 Å². The van der Waals surface area contributed by atoms with Crippen LogP contribution in [0.3, 0.4) is 0 Å². The molecular weight excluding hydrogens is 376 g/mol. The van der Waals surface area contributed by atoms with Crippen LogP contribution in [0.15, 0.2) is 42.5 Å². The molecule has 0 aromatic heterocycles. The van der Waals surface area contributed by atoms with Crippen molar-refractivity contribution in [1.82, 2.24) is 5.32 Å². The number of carbonyl (C=O) groups excluding carboxylic acids is 1. The molecule has 0 atom stereocenters. The Morgan fingerprint density at radius 1 is 1.11 bits per heavy atom. The molecule has 0 unspecified atom stereocenters. The monoisotopic (exact) mass is 404 g/mol. The largest absolute Gasteiger partial charge is 0.497 e. The number of ether oxygens (including phenoxy) is 1. The van der Waals surface area contributed by atoms with Gasteiger partial charge in [-0.15, -0.1) is 0 Å². The molecule has 28 heavy (non-hydrogen) atoms. The molecule has 7 heteroatoms. The van der Waals surface area contributed by atoms with Gasteiger partial charge >= 0.3 is 0 Å². The van der Waals surface area contributed by atoms with Crippen molar-refractivity contribution < 1.29 is 17.9 Å². The summed E-state index contributed by atoms with van der Waals surface area (Å²) in [7, 11) is -1.82. The molecule has 0 heterocycles. The van der Waals surface area contributed by atoms with Crippen molar-refractivity contribution in [2.75, 3.05) is 24.2 Å². The lowest BCUT2D eigenvalue weighted by Gasteiger charge is -2.23. The van der Waals surface area contributed by atoms with E-state index < -0.39 is 10.0 Å². The van der Waals surface area contributed by atoms with Gasteiger partial charge < -0.3 is 10.1 Å². The van der Waals surface area contributed by atoms with Crippen LogP contribution < -0.4 is 14.4 Å². The highest BCUT2D eigenvalue weighted by Crippen LogP contribution is 2.21. The number of aryl methyl sites for hydroxylation is 2. The minimum atomic E-state index is -3.42. The number of rotatable bonds is 9. The number of hydrogen-bond acceptors (Lipinski definition) is 4. The van der Waals surface area contributed by atoms with Crippen LogP contribution in [-0.4, -0.2) is 34.2 Å². The normalized spacial score (nSPS) is 11.1. The van der Waals surface area contributed by atoms with E-state index in [0.29, 0.717) is 18.7 Å². The third-order valence-corrected chi connectivity index (χ3v) is 5.76. The summed E-state index contributed by atoms with van der Waals surface area (Å²) in [4.78, 5) is 12.1. The number of nitrogens with one attached hydrogen (secondary N) is 1. The van der Waals surface area contributed by atoms with E-state index in [-0.39, 0.29) is 18.9 Å². The Morgan fingerprint density at radius 3 is 2.50 bits per heavy atom. The zero-order chi connectivity index (χ0) is 20.7. The minimum Gasteiger partial charge on any atom is -0.497 e. The maximum atomic E-state index is 12.2. The van der Waals surface area contributed by atoms with Crippen molar-refractivity contribution in [2.24, 2.45) is 0 Å². The molecule has 1 N–H and O–H groups in total. The number of sulfonamides is 1. The van der Waals surface area contributed by atoms with Gasteiger partial charge in [-0.1, -0.05) is 18.2 Å². The van der Waals surface area contributed by atoms with Crippen molar-refractivity contribution in [3.05, 3.63) is 59.2 Å². The number of methoxy groups -OCH3 is 1. The smallest absolute Gasteiger partial charge is 0.232 e. The Kier molecular flexibility index (Phi) is 7.45. The standard InChI is InChI=1S/C21H28N2O4S/c1-16-10-11-19(13-17(16)2)23(28(4,25)26)12-6-9-21(24)22-15-18-7-5-8-20(14-18)27-3/h5,7-8,10-11,13-14H,6,9,12,15H2,1-4H3,(H,22,24). The van der Waals surface area contributed by atoms with Crippen molar-refractivity contribution in [2.45, 2.75) is 33.2 Å². The summed E-state index contributed by atoms with van der Waals surface area (Å²) in [6, 6.07) is 13.1. The molecule has 0 radical (unpaired) electrons. The van der Waals surface area contributed by atoms with E-state index in [2.05, 4.69) is 5.32 Å². The van der Waals surface area contributed by atoms with Crippen LogP contribution in [0.2, 0.25) is 0 Å². The minimum absolute atomic E-state index is 0.114. The van der Waals surface area contributed by atoms with Gasteiger partial charge in [-0.25, -0.2) is 8.42 Å². The van der Waals surface area contributed by atoms with E-state index in [9.17, 15) is 13.2 Å². The van der Waals surface area contributed by atoms with Crippen LogP contribution in [0.5, 0.6) is 5.75 Å². The molecule has 0 aliphatic heterocycles. The quantitative estimate of drug-likeness (QED) is 0.696. The van der Waals surface area contributed by atoms with Gasteiger partial charge in [0.1, 0.15) is 5.75 Å². The average Bonchev–Trinajstić information content (AvgIpc) is 2.65. The van der Waals surface area contributed by atoms with Gasteiger partial charge in [0.2, 0.25) is 15.9 Å². The highest BCUT2D eigenvalue weighted by atomic mass is 32.2. The van der Waals surface area contributed by atoms with Gasteiger partial charge in [0.25, 0.3) is 0 Å². The molecular formula is C21H28N2O4S. The predicted molar refractivity (Wildman–Crippen MR) is 112 cm³/mol. The Balaban J connectivity index is 1.91. The summed E-state index contributed by atoms with van der Waals surface area (Å²) < 4.78 is 30.9. The van der Waals surface area contributed by atoms with Gasteiger partial charge in [0.05, 0.1) is 19.1 Å². The van der Waals surface area contributed by atoms with Crippen molar-refractivity contribution in [1.29, 1.82) is 0 Å². The third kappa shape index (κ3) is 6.27. The molecule has 0 saturated carbocycles. The Labute approximate surface area is 167 Å². The van der Waals surface area contributed by atoms with Gasteiger partial charge in [-0.05, 0) is 61.2 Å². The summed E-state index contributed by atoms with van der Waals surface area (Å²) in [5.74, 6) is 0.625. The summed E-state index contributed by atoms with van der Waals surface area (Å²) in [6.45, 7) is 4.60. The Hall–Kier alpha value is -2.54. The van der Waals surface area contributed by atoms with Crippen LogP contribution in [0, 0.1) is 13.8 Å². The van der Waals surface area contributed by atoms with E-state index >= 15 is 0 Å².